The van der Waals surface area contributed by atoms with Gasteiger partial charge in [0.2, 0.25) is 0 Å². The summed E-state index contributed by atoms with van der Waals surface area (Å²) in [7, 11) is 0. The largest absolute Gasteiger partial charge is 0.449 e. The van der Waals surface area contributed by atoms with E-state index in [1.165, 1.54) is 0 Å². The Morgan fingerprint density at radius 1 is 0.853 bits per heavy atom. The minimum atomic E-state index is -0.418. The molecular formula is C27H29N5O2. The number of carbonyl (C=O) groups excluding carboxylic acids is 1. The second-order valence-corrected chi connectivity index (χ2v) is 8.05. The monoisotopic (exact) mass is 455 g/mol. The van der Waals surface area contributed by atoms with Crippen LogP contribution in [0, 0.1) is 0 Å². The maximum absolute atomic E-state index is 12.2. The molecule has 4 rings (SSSR count). The van der Waals surface area contributed by atoms with Crippen LogP contribution in [-0.2, 0) is 11.3 Å². The average molecular weight is 456 g/mol. The molecule has 1 N–H and O–H groups in total. The van der Waals surface area contributed by atoms with Crippen LogP contribution in [0.5, 0.6) is 0 Å². The predicted octanol–water partition coefficient (Wildman–Crippen LogP) is 6.21. The predicted molar refractivity (Wildman–Crippen MR) is 133 cm³/mol. The summed E-state index contributed by atoms with van der Waals surface area (Å²) in [4.78, 5) is 16.4. The molecule has 2 aromatic heterocycles. The van der Waals surface area contributed by atoms with Gasteiger partial charge in [-0.2, -0.15) is 0 Å². The number of aryl methyl sites for hydroxylation is 1. The molecule has 0 atom stereocenters. The van der Waals surface area contributed by atoms with Crippen molar-refractivity contribution in [2.24, 2.45) is 0 Å². The summed E-state index contributed by atoms with van der Waals surface area (Å²) < 4.78 is 7.26. The molecule has 7 nitrogen and oxygen atoms in total. The summed E-state index contributed by atoms with van der Waals surface area (Å²) in [5, 5.41) is 11.3. The van der Waals surface area contributed by atoms with Crippen molar-refractivity contribution < 1.29 is 9.53 Å². The van der Waals surface area contributed by atoms with E-state index in [-0.39, 0.29) is 0 Å². The minimum Gasteiger partial charge on any atom is -0.449 e. The molecule has 34 heavy (non-hydrogen) atoms. The van der Waals surface area contributed by atoms with Gasteiger partial charge < -0.3 is 4.74 Å². The zero-order chi connectivity index (χ0) is 23.4. The summed E-state index contributed by atoms with van der Waals surface area (Å²) in [6.45, 7) is 1.25. The molecule has 4 aromatic rings. The van der Waals surface area contributed by atoms with Gasteiger partial charge in [-0.25, -0.2) is 4.79 Å². The third-order valence-electron chi connectivity index (χ3n) is 5.51. The molecule has 0 unspecified atom stereocenters. The van der Waals surface area contributed by atoms with Crippen LogP contribution in [0.15, 0.2) is 85.3 Å². The van der Waals surface area contributed by atoms with Gasteiger partial charge in [-0.3, -0.25) is 15.0 Å². The number of benzene rings is 2. The maximum atomic E-state index is 12.2. The fourth-order valence-electron chi connectivity index (χ4n) is 3.73. The summed E-state index contributed by atoms with van der Waals surface area (Å²) in [5.41, 5.74) is 4.59. The van der Waals surface area contributed by atoms with Gasteiger partial charge in [-0.05, 0) is 36.6 Å². The summed E-state index contributed by atoms with van der Waals surface area (Å²) >= 11 is 0. The Morgan fingerprint density at radius 2 is 1.62 bits per heavy atom. The number of aromatic nitrogens is 4. The van der Waals surface area contributed by atoms with Crippen molar-refractivity contribution in [3.63, 3.8) is 0 Å². The van der Waals surface area contributed by atoms with E-state index in [1.807, 2.05) is 77.6 Å². The fraction of sp³-hybridized carbons (Fsp3) is 0.259. The van der Waals surface area contributed by atoms with E-state index in [1.54, 1.807) is 12.4 Å². The van der Waals surface area contributed by atoms with Crippen LogP contribution in [0.25, 0.3) is 22.4 Å². The van der Waals surface area contributed by atoms with Crippen LogP contribution in [0.2, 0.25) is 0 Å². The number of hydrogen-bond donors (Lipinski definition) is 1. The Bertz CT molecular complexity index is 1160. The van der Waals surface area contributed by atoms with E-state index in [0.29, 0.717) is 6.61 Å². The first-order valence-corrected chi connectivity index (χ1v) is 11.7. The lowest BCUT2D eigenvalue weighted by atomic mass is 10.0. The Morgan fingerprint density at radius 3 is 2.47 bits per heavy atom. The lowest BCUT2D eigenvalue weighted by molar-refractivity contribution is 0.159. The lowest BCUT2D eigenvalue weighted by Gasteiger charge is -2.11. The molecule has 0 aliphatic rings. The van der Waals surface area contributed by atoms with Crippen LogP contribution >= 0.6 is 0 Å². The Labute approximate surface area is 199 Å². The topological polar surface area (TPSA) is 81.9 Å². The van der Waals surface area contributed by atoms with Gasteiger partial charge in [0.05, 0.1) is 18.5 Å². The average Bonchev–Trinajstić information content (AvgIpc) is 3.36. The first kappa shape index (κ1) is 23.2. The van der Waals surface area contributed by atoms with Crippen LogP contribution in [0.1, 0.15) is 32.1 Å². The fourth-order valence-corrected chi connectivity index (χ4v) is 3.73. The zero-order valence-corrected chi connectivity index (χ0v) is 19.1. The van der Waals surface area contributed by atoms with Crippen LogP contribution in [-0.4, -0.2) is 32.7 Å². The van der Waals surface area contributed by atoms with E-state index in [4.69, 9.17) is 4.74 Å². The molecule has 7 heteroatoms. The number of para-hydroxylation sites is 1. The van der Waals surface area contributed by atoms with Gasteiger partial charge >= 0.3 is 6.09 Å². The lowest BCUT2D eigenvalue weighted by Crippen LogP contribution is -2.15. The van der Waals surface area contributed by atoms with Crippen molar-refractivity contribution >= 4 is 11.8 Å². The third kappa shape index (κ3) is 6.75. The maximum Gasteiger partial charge on any atom is 0.411 e. The van der Waals surface area contributed by atoms with Crippen molar-refractivity contribution in [3.8, 4) is 22.4 Å². The molecule has 0 saturated carbocycles. The summed E-state index contributed by atoms with van der Waals surface area (Å²) in [6, 6.07) is 21.6. The molecule has 0 radical (unpaired) electrons. The minimum absolute atomic E-state index is 0.414. The van der Waals surface area contributed by atoms with Gasteiger partial charge in [0, 0.05) is 30.1 Å². The molecular weight excluding hydrogens is 426 g/mol. The van der Waals surface area contributed by atoms with E-state index in [2.05, 4.69) is 20.6 Å². The first-order valence-electron chi connectivity index (χ1n) is 11.7. The van der Waals surface area contributed by atoms with Gasteiger partial charge in [0.1, 0.15) is 5.69 Å². The first-order chi connectivity index (χ1) is 16.8. The number of amides is 1. The highest BCUT2D eigenvalue weighted by atomic mass is 16.5. The van der Waals surface area contributed by atoms with E-state index < -0.39 is 6.09 Å². The van der Waals surface area contributed by atoms with Gasteiger partial charge in [-0.15, -0.1) is 5.10 Å². The highest BCUT2D eigenvalue weighted by molar-refractivity contribution is 5.91. The van der Waals surface area contributed by atoms with Gasteiger partial charge in [0.25, 0.3) is 0 Å². The molecule has 2 aromatic carbocycles. The third-order valence-corrected chi connectivity index (χ3v) is 5.51. The van der Waals surface area contributed by atoms with Crippen molar-refractivity contribution in [2.45, 2.75) is 38.6 Å². The van der Waals surface area contributed by atoms with Crippen molar-refractivity contribution in [2.75, 3.05) is 11.9 Å². The molecule has 0 saturated heterocycles. The number of carbonyl (C=O) groups is 1. The molecule has 0 aliphatic heterocycles. The summed E-state index contributed by atoms with van der Waals surface area (Å²) in [6.07, 6.45) is 10.2. The number of nitrogens with zero attached hydrogens (tertiary/aromatic N) is 4. The highest BCUT2D eigenvalue weighted by Gasteiger charge is 2.09. The van der Waals surface area contributed by atoms with Crippen molar-refractivity contribution in [3.05, 3.63) is 85.3 Å². The number of unbranched alkanes of at least 4 members (excludes halogenated alkanes) is 4. The van der Waals surface area contributed by atoms with Crippen molar-refractivity contribution in [1.82, 2.24) is 20.0 Å². The number of ether oxygens (including phenoxy) is 1. The Hall–Kier alpha value is -4.00. The quantitative estimate of drug-likeness (QED) is 0.272. The second-order valence-electron chi connectivity index (χ2n) is 8.05. The molecule has 0 spiro atoms. The zero-order valence-electron chi connectivity index (χ0n) is 19.1. The van der Waals surface area contributed by atoms with E-state index >= 15 is 0 Å². The standard InChI is InChI=1S/C27H29N5O2/c33-27(29-25-16-8-7-15-24(25)22-12-5-4-6-13-22)34-19-10-3-1-2-9-18-32-21-26(30-31-32)23-14-11-17-28-20-23/h4-8,11-17,20-21H,1-3,9-10,18-19H2,(H,29,33). The molecule has 174 valence electrons. The van der Waals surface area contributed by atoms with Crippen LogP contribution < -0.4 is 5.32 Å². The van der Waals surface area contributed by atoms with E-state index in [0.717, 1.165) is 66.7 Å². The van der Waals surface area contributed by atoms with Crippen molar-refractivity contribution in [1.29, 1.82) is 0 Å². The number of anilines is 1. The van der Waals surface area contributed by atoms with E-state index in [9.17, 15) is 4.79 Å². The SMILES string of the molecule is O=C(Nc1ccccc1-c1ccccc1)OCCCCCCCn1cc(-c2cccnc2)nn1. The molecule has 0 fully saturated rings. The Kier molecular flexibility index (Phi) is 8.38. The van der Waals surface area contributed by atoms with Crippen LogP contribution in [0.4, 0.5) is 10.5 Å². The molecule has 1 amide bonds. The Balaban J connectivity index is 1.10. The van der Waals surface area contributed by atoms with Gasteiger partial charge in [-0.1, -0.05) is 73.0 Å². The van der Waals surface area contributed by atoms with Gasteiger partial charge in [0.15, 0.2) is 0 Å². The molecule has 0 aliphatic carbocycles. The normalized spacial score (nSPS) is 10.7. The molecule has 0 bridgehead atoms. The number of rotatable bonds is 11. The summed E-state index contributed by atoms with van der Waals surface area (Å²) in [5.74, 6) is 0. The molecule has 2 heterocycles. The number of nitrogens with one attached hydrogen (secondary N) is 1. The van der Waals surface area contributed by atoms with Crippen LogP contribution in [0.3, 0.4) is 0 Å². The number of pyridine rings is 1. The number of hydrogen-bond acceptors (Lipinski definition) is 5. The highest BCUT2D eigenvalue weighted by Crippen LogP contribution is 2.27. The second kappa shape index (κ2) is 12.3. The smallest absolute Gasteiger partial charge is 0.411 e.